The van der Waals surface area contributed by atoms with Crippen LogP contribution in [0.5, 0.6) is 5.75 Å². The maximum Gasteiger partial charge on any atom is 0.252 e. The van der Waals surface area contributed by atoms with Crippen molar-refractivity contribution in [3.63, 3.8) is 0 Å². The Labute approximate surface area is 215 Å². The van der Waals surface area contributed by atoms with Crippen molar-refractivity contribution in [1.29, 1.82) is 0 Å². The molecule has 0 bridgehead atoms. The van der Waals surface area contributed by atoms with E-state index in [0.29, 0.717) is 42.4 Å². The van der Waals surface area contributed by atoms with Gasteiger partial charge >= 0.3 is 0 Å². The smallest absolute Gasteiger partial charge is 0.252 e. The summed E-state index contributed by atoms with van der Waals surface area (Å²) < 4.78 is 20.1. The number of halogens is 1. The van der Waals surface area contributed by atoms with Crippen LogP contribution in [0.4, 0.5) is 10.1 Å². The van der Waals surface area contributed by atoms with E-state index in [-0.39, 0.29) is 41.8 Å². The molecule has 1 aliphatic carbocycles. The molecule has 196 valence electrons. The zero-order chi connectivity index (χ0) is 25.5. The van der Waals surface area contributed by atoms with Crippen LogP contribution in [0.3, 0.4) is 0 Å². The number of ether oxygens (including phenoxy) is 1. The topological polar surface area (TPSA) is 98.0 Å². The second-order valence-corrected chi connectivity index (χ2v) is 10.3. The van der Waals surface area contributed by atoms with E-state index in [2.05, 4.69) is 26.4 Å². The molecule has 2 amide bonds. The third-order valence-corrected chi connectivity index (χ3v) is 8.07. The molecule has 3 aliphatic heterocycles. The van der Waals surface area contributed by atoms with E-state index in [4.69, 9.17) is 4.74 Å². The van der Waals surface area contributed by atoms with Gasteiger partial charge in [0.15, 0.2) is 0 Å². The Morgan fingerprint density at radius 1 is 1.11 bits per heavy atom. The predicted molar refractivity (Wildman–Crippen MR) is 137 cm³/mol. The Morgan fingerprint density at radius 2 is 1.92 bits per heavy atom. The highest BCUT2D eigenvalue weighted by molar-refractivity contribution is 5.95. The predicted octanol–water partition coefficient (Wildman–Crippen LogP) is 1.53. The van der Waals surface area contributed by atoms with Gasteiger partial charge in [0, 0.05) is 60.5 Å². The van der Waals surface area contributed by atoms with E-state index in [9.17, 15) is 14.0 Å². The molecule has 4 N–H and O–H groups in total. The van der Waals surface area contributed by atoms with Crippen LogP contribution in [0.2, 0.25) is 0 Å². The summed E-state index contributed by atoms with van der Waals surface area (Å²) in [6, 6.07) is 12.6. The van der Waals surface area contributed by atoms with Crippen LogP contribution in [0.1, 0.15) is 41.2 Å². The fraction of sp³-hybridized carbons (Fsp3) is 0.481. The van der Waals surface area contributed by atoms with Crippen LogP contribution in [-0.2, 0) is 4.79 Å². The Balaban J connectivity index is 1.09. The molecule has 4 atom stereocenters. The van der Waals surface area contributed by atoms with Crippen LogP contribution >= 0.6 is 0 Å². The number of hydrazine groups is 1. The Morgan fingerprint density at radius 3 is 2.65 bits per heavy atom. The summed E-state index contributed by atoms with van der Waals surface area (Å²) >= 11 is 0. The van der Waals surface area contributed by atoms with Gasteiger partial charge in [-0.3, -0.25) is 15.0 Å². The largest absolute Gasteiger partial charge is 0.496 e. The average Bonchev–Trinajstić information content (AvgIpc) is 3.69. The van der Waals surface area contributed by atoms with Gasteiger partial charge < -0.3 is 25.2 Å². The minimum Gasteiger partial charge on any atom is -0.496 e. The molecular formula is C27H33FN6O3. The lowest BCUT2D eigenvalue weighted by atomic mass is 9.84. The number of hydrogen-bond donors (Lipinski definition) is 4. The van der Waals surface area contributed by atoms with Crippen molar-refractivity contribution in [2.24, 2.45) is 5.92 Å². The molecule has 3 heterocycles. The summed E-state index contributed by atoms with van der Waals surface area (Å²) in [5.41, 5.74) is 8.48. The Bertz CT molecular complexity index is 1170. The number of benzene rings is 2. The van der Waals surface area contributed by atoms with Crippen molar-refractivity contribution in [2.75, 3.05) is 38.2 Å². The Hall–Kier alpha value is -3.21. The third-order valence-electron chi connectivity index (χ3n) is 8.07. The number of piperazine rings is 1. The second kappa shape index (κ2) is 9.92. The Kier molecular flexibility index (Phi) is 6.48. The van der Waals surface area contributed by atoms with Gasteiger partial charge in [-0.05, 0) is 55.7 Å². The number of anilines is 1. The van der Waals surface area contributed by atoms with Gasteiger partial charge in [0.25, 0.3) is 5.91 Å². The minimum absolute atomic E-state index is 0.0626. The number of amides is 2. The molecule has 2 aromatic rings. The van der Waals surface area contributed by atoms with Crippen LogP contribution in [0, 0.1) is 11.7 Å². The summed E-state index contributed by atoms with van der Waals surface area (Å²) in [6.45, 7) is 2.57. The monoisotopic (exact) mass is 508 g/mol. The third kappa shape index (κ3) is 4.76. The number of rotatable bonds is 6. The van der Waals surface area contributed by atoms with Gasteiger partial charge in [0.1, 0.15) is 11.6 Å². The van der Waals surface area contributed by atoms with Crippen molar-refractivity contribution >= 4 is 17.5 Å². The van der Waals surface area contributed by atoms with E-state index in [1.165, 1.54) is 6.07 Å². The molecule has 4 unspecified atom stereocenters. The molecule has 4 aliphatic rings. The summed E-state index contributed by atoms with van der Waals surface area (Å²) in [4.78, 5) is 29.7. The highest BCUT2D eigenvalue weighted by Crippen LogP contribution is 2.36. The van der Waals surface area contributed by atoms with Crippen molar-refractivity contribution < 1.29 is 18.7 Å². The van der Waals surface area contributed by atoms with E-state index < -0.39 is 0 Å². The summed E-state index contributed by atoms with van der Waals surface area (Å²) in [6.07, 6.45) is 2.58. The normalized spacial score (nSPS) is 27.7. The van der Waals surface area contributed by atoms with Crippen LogP contribution in [0.25, 0.3) is 0 Å². The van der Waals surface area contributed by atoms with Crippen molar-refractivity contribution in [2.45, 2.75) is 43.6 Å². The average molecular weight is 509 g/mol. The van der Waals surface area contributed by atoms with E-state index in [1.54, 1.807) is 31.4 Å². The van der Waals surface area contributed by atoms with E-state index in [0.717, 1.165) is 31.6 Å². The number of piperidine rings is 1. The maximum absolute atomic E-state index is 14.7. The molecule has 1 saturated carbocycles. The summed E-state index contributed by atoms with van der Waals surface area (Å²) in [5.74, 6) is 0.280. The molecule has 0 spiro atoms. The molecule has 4 fully saturated rings. The van der Waals surface area contributed by atoms with Gasteiger partial charge in [-0.25, -0.2) is 9.82 Å². The zero-order valence-electron chi connectivity index (χ0n) is 20.9. The van der Waals surface area contributed by atoms with Crippen molar-refractivity contribution in [1.82, 2.24) is 26.4 Å². The molecular weight excluding hydrogens is 475 g/mol. The molecule has 2 aromatic carbocycles. The summed E-state index contributed by atoms with van der Waals surface area (Å²) in [5, 5.41) is 6.51. The molecule has 3 saturated heterocycles. The summed E-state index contributed by atoms with van der Waals surface area (Å²) in [7, 11) is 1.54. The number of fused-ring (bicyclic) bond motifs is 1. The van der Waals surface area contributed by atoms with Gasteiger partial charge in [0.05, 0.1) is 19.8 Å². The molecule has 9 nitrogen and oxygen atoms in total. The fourth-order valence-corrected chi connectivity index (χ4v) is 5.89. The number of hydrogen-bond acceptors (Lipinski definition) is 7. The maximum atomic E-state index is 14.7. The highest BCUT2D eigenvalue weighted by Gasteiger charge is 2.42. The number of carbonyl (C=O) groups excluding carboxylic acids is 2. The number of nitrogens with one attached hydrogen (secondary N) is 4. The quantitative estimate of drug-likeness (QED) is 0.470. The first-order valence-corrected chi connectivity index (χ1v) is 13.0. The van der Waals surface area contributed by atoms with Crippen LogP contribution in [-0.4, -0.2) is 68.3 Å². The fourth-order valence-electron chi connectivity index (χ4n) is 5.89. The first-order valence-electron chi connectivity index (χ1n) is 13.0. The lowest BCUT2D eigenvalue weighted by Gasteiger charge is -2.36. The van der Waals surface area contributed by atoms with Crippen LogP contribution in [0.15, 0.2) is 42.5 Å². The van der Waals surface area contributed by atoms with Gasteiger partial charge in [-0.1, -0.05) is 6.07 Å². The lowest BCUT2D eigenvalue weighted by Crippen LogP contribution is -2.51. The minimum atomic E-state index is -0.300. The standard InChI is InChI=1S/C27H33FN6O3/c1-37-23-4-2-3-20(28)25(23)21-13-19-22(14-29-21)31-32-26(19)30-27(36)16-5-7-17(8-6-16)33-11-12-34(18-9-10-18)24(35)15-33/h2-8,18-19,21-22,26,29,31-32H,9-15H2,1H3,(H,30,36). The molecule has 37 heavy (non-hydrogen) atoms. The first kappa shape index (κ1) is 24.1. The van der Waals surface area contributed by atoms with Gasteiger partial charge in [0.2, 0.25) is 5.91 Å². The van der Waals surface area contributed by atoms with Crippen molar-refractivity contribution in [3.05, 3.63) is 59.4 Å². The SMILES string of the molecule is COc1cccc(F)c1C1CC2C(CN1)NNC2NC(=O)c1ccc(N2CCN(C3CC3)C(=O)C2)cc1. The van der Waals surface area contributed by atoms with Crippen molar-refractivity contribution in [3.8, 4) is 5.75 Å². The van der Waals surface area contributed by atoms with Gasteiger partial charge in [-0.15, -0.1) is 0 Å². The van der Waals surface area contributed by atoms with Gasteiger partial charge in [-0.2, -0.15) is 0 Å². The molecule has 10 heteroatoms. The lowest BCUT2D eigenvalue weighted by molar-refractivity contribution is -0.131. The second-order valence-electron chi connectivity index (χ2n) is 10.3. The number of nitrogens with zero attached hydrogens (tertiary/aromatic N) is 2. The van der Waals surface area contributed by atoms with E-state index >= 15 is 0 Å². The molecule has 6 rings (SSSR count). The molecule has 0 aromatic heterocycles. The number of methoxy groups -OCH3 is 1. The number of carbonyl (C=O) groups is 2. The highest BCUT2D eigenvalue weighted by atomic mass is 19.1. The van der Waals surface area contributed by atoms with Crippen LogP contribution < -0.4 is 31.1 Å². The molecule has 0 radical (unpaired) electrons. The zero-order valence-corrected chi connectivity index (χ0v) is 20.9. The van der Waals surface area contributed by atoms with E-state index in [1.807, 2.05) is 17.0 Å². The first-order chi connectivity index (χ1) is 18.0.